The van der Waals surface area contributed by atoms with Crippen molar-refractivity contribution in [3.63, 3.8) is 0 Å². The minimum absolute atomic E-state index is 0.122. The van der Waals surface area contributed by atoms with Gasteiger partial charge in [0, 0.05) is 26.9 Å². The first-order chi connectivity index (χ1) is 14.9. The first kappa shape index (κ1) is 22.7. The molecule has 160 valence electrons. The monoisotopic (exact) mass is 454 g/mol. The zero-order valence-corrected chi connectivity index (χ0v) is 19.0. The Kier molecular flexibility index (Phi) is 7.60. The molecular formula is C24H23ClN2O3S. The molecule has 2 amide bonds. The molecule has 2 N–H and O–H groups in total. The second-order valence-electron chi connectivity index (χ2n) is 6.87. The molecule has 0 radical (unpaired) electrons. The number of amides is 2. The zero-order valence-electron chi connectivity index (χ0n) is 17.4. The summed E-state index contributed by atoms with van der Waals surface area (Å²) in [6, 6.07) is 19.7. The summed E-state index contributed by atoms with van der Waals surface area (Å²) in [6.45, 7) is 3.70. The van der Waals surface area contributed by atoms with Crippen molar-refractivity contribution in [1.29, 1.82) is 0 Å². The minimum Gasteiger partial charge on any atom is -0.497 e. The predicted molar refractivity (Wildman–Crippen MR) is 128 cm³/mol. The third-order valence-corrected chi connectivity index (χ3v) is 6.15. The Hall–Kier alpha value is -2.96. The van der Waals surface area contributed by atoms with Gasteiger partial charge in [-0.3, -0.25) is 9.59 Å². The van der Waals surface area contributed by atoms with Gasteiger partial charge in [-0.05, 0) is 74.0 Å². The number of rotatable bonds is 7. The topological polar surface area (TPSA) is 67.4 Å². The predicted octanol–water partition coefficient (Wildman–Crippen LogP) is 6.03. The number of carbonyl (C=O) groups excluding carboxylic acids is 2. The van der Waals surface area contributed by atoms with Gasteiger partial charge in [-0.2, -0.15) is 0 Å². The quantitative estimate of drug-likeness (QED) is 0.428. The maximum absolute atomic E-state index is 12.6. The van der Waals surface area contributed by atoms with Crippen molar-refractivity contribution in [1.82, 2.24) is 0 Å². The second-order valence-corrected chi connectivity index (χ2v) is 8.69. The number of benzene rings is 3. The lowest BCUT2D eigenvalue weighted by molar-refractivity contribution is -0.115. The Morgan fingerprint density at radius 3 is 2.42 bits per heavy atom. The summed E-state index contributed by atoms with van der Waals surface area (Å²) < 4.78 is 5.12. The van der Waals surface area contributed by atoms with Crippen LogP contribution in [0.5, 0.6) is 5.75 Å². The van der Waals surface area contributed by atoms with Crippen LogP contribution in [0.25, 0.3) is 0 Å². The molecule has 1 atom stereocenters. The molecule has 1 unspecified atom stereocenters. The van der Waals surface area contributed by atoms with Gasteiger partial charge in [0.05, 0.1) is 12.4 Å². The van der Waals surface area contributed by atoms with Crippen LogP contribution in [0.2, 0.25) is 5.02 Å². The summed E-state index contributed by atoms with van der Waals surface area (Å²) in [5.74, 6) is 0.352. The van der Waals surface area contributed by atoms with Crippen LogP contribution in [0.15, 0.2) is 71.6 Å². The van der Waals surface area contributed by atoms with Crippen LogP contribution in [-0.4, -0.2) is 24.2 Å². The molecule has 3 aromatic rings. The molecule has 0 spiro atoms. The highest BCUT2D eigenvalue weighted by molar-refractivity contribution is 8.00. The normalized spacial score (nSPS) is 11.5. The second kappa shape index (κ2) is 10.4. The number of anilines is 2. The number of carbonyl (C=O) groups is 2. The van der Waals surface area contributed by atoms with Gasteiger partial charge in [0.25, 0.3) is 5.91 Å². The Morgan fingerprint density at radius 2 is 1.71 bits per heavy atom. The smallest absolute Gasteiger partial charge is 0.255 e. The number of ether oxygens (including phenoxy) is 1. The van der Waals surface area contributed by atoms with Crippen molar-refractivity contribution in [3.05, 3.63) is 82.9 Å². The molecule has 7 heteroatoms. The minimum atomic E-state index is -0.342. The fourth-order valence-corrected chi connectivity index (χ4v) is 3.93. The molecule has 0 saturated carbocycles. The first-order valence-corrected chi connectivity index (χ1v) is 10.9. The van der Waals surface area contributed by atoms with Crippen LogP contribution in [0.3, 0.4) is 0 Å². The van der Waals surface area contributed by atoms with Crippen LogP contribution in [0, 0.1) is 6.92 Å². The first-order valence-electron chi connectivity index (χ1n) is 9.65. The summed E-state index contributed by atoms with van der Waals surface area (Å²) >= 11 is 7.54. The molecule has 0 aromatic heterocycles. The van der Waals surface area contributed by atoms with Gasteiger partial charge >= 0.3 is 0 Å². The third-order valence-electron chi connectivity index (χ3n) is 4.65. The van der Waals surface area contributed by atoms with Crippen LogP contribution >= 0.6 is 23.4 Å². The number of nitrogens with one attached hydrogen (secondary N) is 2. The van der Waals surface area contributed by atoms with Crippen LogP contribution < -0.4 is 15.4 Å². The highest BCUT2D eigenvalue weighted by atomic mass is 35.5. The van der Waals surface area contributed by atoms with E-state index in [-0.39, 0.29) is 17.1 Å². The molecule has 0 aliphatic heterocycles. The van der Waals surface area contributed by atoms with Crippen LogP contribution in [0.1, 0.15) is 22.8 Å². The van der Waals surface area contributed by atoms with Gasteiger partial charge in [0.15, 0.2) is 0 Å². The van der Waals surface area contributed by atoms with E-state index >= 15 is 0 Å². The molecule has 31 heavy (non-hydrogen) atoms. The summed E-state index contributed by atoms with van der Waals surface area (Å²) in [6.07, 6.45) is 0. The maximum atomic E-state index is 12.6. The van der Waals surface area contributed by atoms with Gasteiger partial charge in [0.2, 0.25) is 5.91 Å². The van der Waals surface area contributed by atoms with Crippen molar-refractivity contribution in [2.75, 3.05) is 17.7 Å². The molecule has 0 fully saturated rings. The number of hydrogen-bond donors (Lipinski definition) is 2. The van der Waals surface area contributed by atoms with E-state index in [0.717, 1.165) is 10.5 Å². The van der Waals surface area contributed by atoms with Gasteiger partial charge < -0.3 is 15.4 Å². The lowest BCUT2D eigenvalue weighted by Crippen LogP contribution is -2.22. The van der Waals surface area contributed by atoms with E-state index in [2.05, 4.69) is 10.6 Å². The number of hydrogen-bond acceptors (Lipinski definition) is 4. The molecule has 3 rings (SSSR count). The molecule has 0 aliphatic carbocycles. The van der Waals surface area contributed by atoms with Crippen molar-refractivity contribution in [2.45, 2.75) is 24.0 Å². The van der Waals surface area contributed by atoms with E-state index in [0.29, 0.717) is 27.7 Å². The standard InChI is InChI=1S/C24H23ClN2O3S/c1-15-21(25)8-5-9-22(15)27-23(28)16(2)31-20-7-4-6-18(14-20)26-24(29)17-10-12-19(30-3)13-11-17/h4-14,16H,1-3H3,(H,26,29)(H,27,28). The van der Waals surface area contributed by atoms with Crippen molar-refractivity contribution >= 4 is 46.6 Å². The fraction of sp³-hybridized carbons (Fsp3) is 0.167. The Morgan fingerprint density at radius 1 is 1.00 bits per heavy atom. The van der Waals surface area contributed by atoms with Crippen molar-refractivity contribution in [3.8, 4) is 5.75 Å². The molecule has 0 bridgehead atoms. The summed E-state index contributed by atoms with van der Waals surface area (Å²) in [5.41, 5.74) is 2.72. The maximum Gasteiger partial charge on any atom is 0.255 e. The summed E-state index contributed by atoms with van der Waals surface area (Å²) in [7, 11) is 1.58. The van der Waals surface area contributed by atoms with E-state index in [9.17, 15) is 9.59 Å². The van der Waals surface area contributed by atoms with E-state index in [1.807, 2.05) is 44.2 Å². The highest BCUT2D eigenvalue weighted by Gasteiger charge is 2.16. The average molecular weight is 455 g/mol. The van der Waals surface area contributed by atoms with Crippen LogP contribution in [-0.2, 0) is 4.79 Å². The Balaban J connectivity index is 1.63. The van der Waals surface area contributed by atoms with E-state index in [4.69, 9.17) is 16.3 Å². The van der Waals surface area contributed by atoms with E-state index in [1.165, 1.54) is 11.8 Å². The lowest BCUT2D eigenvalue weighted by Gasteiger charge is -2.15. The average Bonchev–Trinajstić information content (AvgIpc) is 2.77. The van der Waals surface area contributed by atoms with E-state index in [1.54, 1.807) is 43.5 Å². The third kappa shape index (κ3) is 6.03. The Labute approximate surface area is 191 Å². The fourth-order valence-electron chi connectivity index (χ4n) is 2.83. The number of halogens is 1. The summed E-state index contributed by atoms with van der Waals surface area (Å²) in [4.78, 5) is 26.0. The zero-order chi connectivity index (χ0) is 22.4. The van der Waals surface area contributed by atoms with Gasteiger partial charge in [0.1, 0.15) is 5.75 Å². The molecule has 0 heterocycles. The van der Waals surface area contributed by atoms with Crippen molar-refractivity contribution in [2.24, 2.45) is 0 Å². The van der Waals surface area contributed by atoms with Gasteiger partial charge in [-0.25, -0.2) is 0 Å². The Bertz CT molecular complexity index is 1090. The molecule has 0 aliphatic rings. The van der Waals surface area contributed by atoms with Gasteiger partial charge in [-0.15, -0.1) is 11.8 Å². The number of methoxy groups -OCH3 is 1. The van der Waals surface area contributed by atoms with E-state index < -0.39 is 0 Å². The number of thioether (sulfide) groups is 1. The largest absolute Gasteiger partial charge is 0.497 e. The summed E-state index contributed by atoms with van der Waals surface area (Å²) in [5, 5.41) is 6.08. The molecule has 3 aromatic carbocycles. The highest BCUT2D eigenvalue weighted by Crippen LogP contribution is 2.28. The van der Waals surface area contributed by atoms with Crippen LogP contribution in [0.4, 0.5) is 11.4 Å². The van der Waals surface area contributed by atoms with Crippen molar-refractivity contribution < 1.29 is 14.3 Å². The SMILES string of the molecule is COc1ccc(C(=O)Nc2cccc(SC(C)C(=O)Nc3cccc(Cl)c3C)c2)cc1. The molecule has 5 nitrogen and oxygen atoms in total. The molecule has 0 saturated heterocycles. The molecular weight excluding hydrogens is 432 g/mol. The van der Waals surface area contributed by atoms with Gasteiger partial charge in [-0.1, -0.05) is 23.7 Å². The lowest BCUT2D eigenvalue weighted by atomic mass is 10.2.